The quantitative estimate of drug-likeness (QED) is 0.717. The molecule has 1 aromatic carbocycles. The standard InChI is InChI=1S/C12H14N2.C2H6/c1-8(2)12-13-9(3)10-6-4-5-7-11(10)14-12;1-2/h4-8H,1-3H3;1-2H3. The summed E-state index contributed by atoms with van der Waals surface area (Å²) in [5.41, 5.74) is 2.11. The molecule has 0 unspecified atom stereocenters. The number of nitrogens with zero attached hydrogens (tertiary/aromatic N) is 2. The predicted molar refractivity (Wildman–Crippen MR) is 69.7 cm³/mol. The second-order valence-corrected chi connectivity index (χ2v) is 3.84. The Bertz CT molecular complexity index is 461. The van der Waals surface area contributed by atoms with Crippen molar-refractivity contribution in [2.75, 3.05) is 0 Å². The van der Waals surface area contributed by atoms with Gasteiger partial charge in [0.05, 0.1) is 5.52 Å². The average Bonchev–Trinajstić information content (AvgIpc) is 2.31. The van der Waals surface area contributed by atoms with E-state index in [9.17, 15) is 0 Å². The minimum atomic E-state index is 0.387. The van der Waals surface area contributed by atoms with Gasteiger partial charge >= 0.3 is 0 Å². The van der Waals surface area contributed by atoms with Crippen molar-refractivity contribution in [1.82, 2.24) is 9.97 Å². The lowest BCUT2D eigenvalue weighted by atomic mass is 10.1. The molecule has 0 spiro atoms. The highest BCUT2D eigenvalue weighted by Crippen LogP contribution is 2.17. The summed E-state index contributed by atoms with van der Waals surface area (Å²) in [5.74, 6) is 1.32. The Balaban J connectivity index is 0.000000606. The molecule has 16 heavy (non-hydrogen) atoms. The van der Waals surface area contributed by atoms with E-state index in [1.165, 1.54) is 0 Å². The first-order valence-electron chi connectivity index (χ1n) is 5.92. The van der Waals surface area contributed by atoms with Gasteiger partial charge in [-0.15, -0.1) is 0 Å². The van der Waals surface area contributed by atoms with Gasteiger partial charge in [-0.25, -0.2) is 9.97 Å². The van der Waals surface area contributed by atoms with E-state index in [0.717, 1.165) is 22.4 Å². The van der Waals surface area contributed by atoms with E-state index in [0.29, 0.717) is 5.92 Å². The van der Waals surface area contributed by atoms with Crippen LogP contribution in [0.5, 0.6) is 0 Å². The highest BCUT2D eigenvalue weighted by Gasteiger charge is 2.06. The second-order valence-electron chi connectivity index (χ2n) is 3.84. The molecule has 0 aliphatic heterocycles. The molecular weight excluding hydrogens is 196 g/mol. The normalized spacial score (nSPS) is 10.1. The van der Waals surface area contributed by atoms with Gasteiger partial charge in [0.2, 0.25) is 0 Å². The summed E-state index contributed by atoms with van der Waals surface area (Å²) >= 11 is 0. The zero-order chi connectivity index (χ0) is 12.1. The number of para-hydroxylation sites is 1. The van der Waals surface area contributed by atoms with Gasteiger partial charge in [0.25, 0.3) is 0 Å². The van der Waals surface area contributed by atoms with Crippen LogP contribution in [-0.2, 0) is 0 Å². The Morgan fingerprint density at radius 1 is 1.00 bits per heavy atom. The number of hydrogen-bond donors (Lipinski definition) is 0. The van der Waals surface area contributed by atoms with Crippen molar-refractivity contribution in [3.63, 3.8) is 0 Å². The Kier molecular flexibility index (Phi) is 4.41. The third-order valence-electron chi connectivity index (χ3n) is 2.33. The van der Waals surface area contributed by atoms with Gasteiger partial charge in [-0.3, -0.25) is 0 Å². The van der Waals surface area contributed by atoms with Crippen LogP contribution in [-0.4, -0.2) is 9.97 Å². The van der Waals surface area contributed by atoms with Crippen molar-refractivity contribution in [3.05, 3.63) is 35.8 Å². The molecule has 1 aromatic heterocycles. The maximum atomic E-state index is 4.52. The van der Waals surface area contributed by atoms with Crippen molar-refractivity contribution in [2.24, 2.45) is 0 Å². The number of hydrogen-bond acceptors (Lipinski definition) is 2. The third-order valence-corrected chi connectivity index (χ3v) is 2.33. The summed E-state index contributed by atoms with van der Waals surface area (Å²) < 4.78 is 0. The van der Waals surface area contributed by atoms with Crippen LogP contribution in [0.3, 0.4) is 0 Å². The average molecular weight is 216 g/mol. The number of fused-ring (bicyclic) bond motifs is 1. The van der Waals surface area contributed by atoms with Gasteiger partial charge in [0.1, 0.15) is 5.82 Å². The molecule has 86 valence electrons. The fraction of sp³-hybridized carbons (Fsp3) is 0.429. The predicted octanol–water partition coefficient (Wildman–Crippen LogP) is 4.09. The SMILES string of the molecule is CC.Cc1nc(C(C)C)nc2ccccc12. The number of benzene rings is 1. The Morgan fingerprint density at radius 2 is 1.62 bits per heavy atom. The molecule has 0 N–H and O–H groups in total. The fourth-order valence-electron chi connectivity index (χ4n) is 1.52. The van der Waals surface area contributed by atoms with Crippen molar-refractivity contribution in [3.8, 4) is 0 Å². The molecular formula is C14H20N2. The highest BCUT2D eigenvalue weighted by atomic mass is 14.9. The first-order chi connectivity index (χ1) is 7.68. The van der Waals surface area contributed by atoms with Gasteiger partial charge < -0.3 is 0 Å². The lowest BCUT2D eigenvalue weighted by Gasteiger charge is -2.07. The molecule has 0 fully saturated rings. The largest absolute Gasteiger partial charge is 0.237 e. The molecule has 0 aliphatic carbocycles. The van der Waals surface area contributed by atoms with Crippen LogP contribution in [0, 0.1) is 6.92 Å². The van der Waals surface area contributed by atoms with Crippen molar-refractivity contribution < 1.29 is 0 Å². The van der Waals surface area contributed by atoms with Crippen molar-refractivity contribution >= 4 is 10.9 Å². The zero-order valence-electron chi connectivity index (χ0n) is 10.8. The molecule has 0 aliphatic rings. The van der Waals surface area contributed by atoms with E-state index >= 15 is 0 Å². The molecule has 2 aromatic rings. The van der Waals surface area contributed by atoms with Gasteiger partial charge in [-0.05, 0) is 13.0 Å². The lowest BCUT2D eigenvalue weighted by molar-refractivity contribution is 0.776. The van der Waals surface area contributed by atoms with Crippen LogP contribution in [0.25, 0.3) is 10.9 Å². The molecule has 0 atom stereocenters. The Hall–Kier alpha value is -1.44. The topological polar surface area (TPSA) is 25.8 Å². The third kappa shape index (κ3) is 2.57. The van der Waals surface area contributed by atoms with Crippen molar-refractivity contribution in [1.29, 1.82) is 0 Å². The van der Waals surface area contributed by atoms with E-state index in [1.807, 2.05) is 39.0 Å². The second kappa shape index (κ2) is 5.59. The molecule has 0 bridgehead atoms. The molecule has 0 amide bonds. The van der Waals surface area contributed by atoms with E-state index in [-0.39, 0.29) is 0 Å². The summed E-state index contributed by atoms with van der Waals surface area (Å²) in [5, 5.41) is 1.15. The molecule has 2 nitrogen and oxygen atoms in total. The van der Waals surface area contributed by atoms with Gasteiger partial charge in [-0.2, -0.15) is 0 Å². The van der Waals surface area contributed by atoms with Gasteiger partial charge in [0, 0.05) is 17.0 Å². The summed E-state index contributed by atoms with van der Waals surface area (Å²) in [4.78, 5) is 9.01. The molecule has 2 rings (SSSR count). The molecule has 0 saturated heterocycles. The molecule has 0 radical (unpaired) electrons. The van der Waals surface area contributed by atoms with Crippen LogP contribution in [0.4, 0.5) is 0 Å². The van der Waals surface area contributed by atoms with Gasteiger partial charge in [0.15, 0.2) is 0 Å². The van der Waals surface area contributed by atoms with Crippen LogP contribution in [0.2, 0.25) is 0 Å². The maximum Gasteiger partial charge on any atom is 0.131 e. The van der Waals surface area contributed by atoms with E-state index in [2.05, 4.69) is 29.9 Å². The van der Waals surface area contributed by atoms with Crippen LogP contribution in [0.1, 0.15) is 45.1 Å². The number of aryl methyl sites for hydroxylation is 1. The lowest BCUT2D eigenvalue weighted by Crippen LogP contribution is -1.99. The first-order valence-corrected chi connectivity index (χ1v) is 5.92. The Morgan fingerprint density at radius 3 is 2.25 bits per heavy atom. The molecule has 1 heterocycles. The summed E-state index contributed by atoms with van der Waals surface area (Å²) in [7, 11) is 0. The smallest absolute Gasteiger partial charge is 0.131 e. The van der Waals surface area contributed by atoms with E-state index in [4.69, 9.17) is 0 Å². The van der Waals surface area contributed by atoms with Gasteiger partial charge in [-0.1, -0.05) is 45.9 Å². The monoisotopic (exact) mass is 216 g/mol. The molecule has 2 heteroatoms. The highest BCUT2D eigenvalue weighted by molar-refractivity contribution is 5.80. The number of aromatic nitrogens is 2. The van der Waals surface area contributed by atoms with E-state index < -0.39 is 0 Å². The zero-order valence-corrected chi connectivity index (χ0v) is 10.8. The first kappa shape index (κ1) is 12.6. The minimum absolute atomic E-state index is 0.387. The van der Waals surface area contributed by atoms with Crippen LogP contribution >= 0.6 is 0 Å². The maximum absolute atomic E-state index is 4.52. The summed E-state index contributed by atoms with van der Waals surface area (Å²) in [6.45, 7) is 10.3. The minimum Gasteiger partial charge on any atom is -0.237 e. The van der Waals surface area contributed by atoms with Crippen LogP contribution in [0.15, 0.2) is 24.3 Å². The number of rotatable bonds is 1. The molecule has 0 saturated carbocycles. The van der Waals surface area contributed by atoms with Crippen molar-refractivity contribution in [2.45, 2.75) is 40.5 Å². The van der Waals surface area contributed by atoms with Crippen LogP contribution < -0.4 is 0 Å². The fourth-order valence-corrected chi connectivity index (χ4v) is 1.52. The Labute approximate surface area is 97.7 Å². The summed E-state index contributed by atoms with van der Waals surface area (Å²) in [6.07, 6.45) is 0. The summed E-state index contributed by atoms with van der Waals surface area (Å²) in [6, 6.07) is 8.14. The van der Waals surface area contributed by atoms with E-state index in [1.54, 1.807) is 0 Å².